The summed E-state index contributed by atoms with van der Waals surface area (Å²) >= 11 is 5.89. The Kier molecular flexibility index (Phi) is 4.43. The minimum atomic E-state index is -0.0159. The van der Waals surface area contributed by atoms with E-state index in [4.69, 9.17) is 11.6 Å². The average molecular weight is 281 g/mol. The molecule has 0 atom stereocenters. The lowest BCUT2D eigenvalue weighted by Gasteiger charge is -2.31. The van der Waals surface area contributed by atoms with Crippen molar-refractivity contribution in [3.8, 4) is 0 Å². The number of carbonyl (C=O) groups is 2. The first-order valence-corrected chi connectivity index (χ1v) is 6.76. The highest BCUT2D eigenvalue weighted by molar-refractivity contribution is 6.30. The number of carbonyl (C=O) groups excluding carboxylic acids is 2. The van der Waals surface area contributed by atoms with Crippen molar-refractivity contribution in [3.05, 3.63) is 34.9 Å². The lowest BCUT2D eigenvalue weighted by atomic mass is 9.95. The van der Waals surface area contributed by atoms with Crippen LogP contribution in [0.1, 0.15) is 23.2 Å². The van der Waals surface area contributed by atoms with E-state index in [1.54, 1.807) is 36.2 Å². The smallest absolute Gasteiger partial charge is 0.253 e. The minimum absolute atomic E-state index is 0.0159. The number of benzene rings is 1. The van der Waals surface area contributed by atoms with Gasteiger partial charge in [-0.2, -0.15) is 0 Å². The van der Waals surface area contributed by atoms with E-state index >= 15 is 0 Å². The van der Waals surface area contributed by atoms with Gasteiger partial charge in [0.2, 0.25) is 5.91 Å². The molecule has 1 heterocycles. The van der Waals surface area contributed by atoms with Crippen molar-refractivity contribution >= 4 is 23.4 Å². The van der Waals surface area contributed by atoms with Crippen LogP contribution < -0.4 is 5.32 Å². The Morgan fingerprint density at radius 3 is 2.58 bits per heavy atom. The van der Waals surface area contributed by atoms with Crippen molar-refractivity contribution in [3.63, 3.8) is 0 Å². The molecule has 1 saturated heterocycles. The number of hydrogen-bond donors (Lipinski definition) is 1. The van der Waals surface area contributed by atoms with E-state index in [9.17, 15) is 9.59 Å². The van der Waals surface area contributed by atoms with Crippen LogP contribution in [0.2, 0.25) is 5.02 Å². The lowest BCUT2D eigenvalue weighted by molar-refractivity contribution is -0.125. The molecule has 1 aliphatic rings. The van der Waals surface area contributed by atoms with Crippen LogP contribution in [0, 0.1) is 5.92 Å². The summed E-state index contributed by atoms with van der Waals surface area (Å²) < 4.78 is 0. The van der Waals surface area contributed by atoms with Crippen LogP contribution in [0.3, 0.4) is 0 Å². The Hall–Kier alpha value is -1.55. The third-order valence-electron chi connectivity index (χ3n) is 3.47. The SMILES string of the molecule is CNC(=O)C1CCN(C(=O)c2cccc(Cl)c2)CC1. The molecule has 1 fully saturated rings. The quantitative estimate of drug-likeness (QED) is 0.900. The van der Waals surface area contributed by atoms with Gasteiger partial charge in [0.25, 0.3) is 5.91 Å². The molecule has 0 unspecified atom stereocenters. The minimum Gasteiger partial charge on any atom is -0.359 e. The normalized spacial score (nSPS) is 16.2. The number of likely N-dealkylation sites (tertiary alicyclic amines) is 1. The van der Waals surface area contributed by atoms with Gasteiger partial charge in [-0.3, -0.25) is 9.59 Å². The molecule has 5 heteroatoms. The molecule has 0 aliphatic carbocycles. The highest BCUT2D eigenvalue weighted by Gasteiger charge is 2.27. The molecular weight excluding hydrogens is 264 g/mol. The zero-order valence-electron chi connectivity index (χ0n) is 10.9. The largest absolute Gasteiger partial charge is 0.359 e. The van der Waals surface area contributed by atoms with Gasteiger partial charge in [-0.05, 0) is 31.0 Å². The molecular formula is C14H17ClN2O2. The Morgan fingerprint density at radius 2 is 2.00 bits per heavy atom. The maximum Gasteiger partial charge on any atom is 0.253 e. The molecule has 0 bridgehead atoms. The van der Waals surface area contributed by atoms with E-state index in [-0.39, 0.29) is 17.7 Å². The van der Waals surface area contributed by atoms with Gasteiger partial charge >= 0.3 is 0 Å². The Morgan fingerprint density at radius 1 is 1.32 bits per heavy atom. The topological polar surface area (TPSA) is 49.4 Å². The van der Waals surface area contributed by atoms with Gasteiger partial charge in [0, 0.05) is 36.6 Å². The second-order valence-corrected chi connectivity index (χ2v) is 5.13. The van der Waals surface area contributed by atoms with Crippen LogP contribution in [0.25, 0.3) is 0 Å². The summed E-state index contributed by atoms with van der Waals surface area (Å²) in [7, 11) is 1.64. The molecule has 1 aromatic carbocycles. The first kappa shape index (κ1) is 13.9. The number of piperidine rings is 1. The van der Waals surface area contributed by atoms with Crippen LogP contribution in [-0.2, 0) is 4.79 Å². The summed E-state index contributed by atoms with van der Waals surface area (Å²) in [6.07, 6.45) is 1.43. The van der Waals surface area contributed by atoms with Crippen LogP contribution in [-0.4, -0.2) is 36.9 Å². The van der Waals surface area contributed by atoms with Gasteiger partial charge in [0.05, 0.1) is 0 Å². The van der Waals surface area contributed by atoms with Crippen LogP contribution in [0.5, 0.6) is 0 Å². The predicted octanol–water partition coefficient (Wildman–Crippen LogP) is 1.94. The Bertz CT molecular complexity index is 482. The second-order valence-electron chi connectivity index (χ2n) is 4.69. The van der Waals surface area contributed by atoms with Crippen molar-refractivity contribution in [2.75, 3.05) is 20.1 Å². The lowest BCUT2D eigenvalue weighted by Crippen LogP contribution is -2.42. The molecule has 2 rings (SSSR count). The van der Waals surface area contributed by atoms with E-state index in [0.29, 0.717) is 36.5 Å². The van der Waals surface area contributed by atoms with Gasteiger partial charge in [-0.1, -0.05) is 17.7 Å². The van der Waals surface area contributed by atoms with E-state index < -0.39 is 0 Å². The molecule has 0 radical (unpaired) electrons. The fourth-order valence-corrected chi connectivity index (χ4v) is 2.54. The number of amides is 2. The number of hydrogen-bond acceptors (Lipinski definition) is 2. The van der Waals surface area contributed by atoms with E-state index in [1.807, 2.05) is 0 Å². The first-order valence-electron chi connectivity index (χ1n) is 6.38. The maximum atomic E-state index is 12.3. The highest BCUT2D eigenvalue weighted by Crippen LogP contribution is 2.20. The second kappa shape index (κ2) is 6.06. The molecule has 102 valence electrons. The molecule has 4 nitrogen and oxygen atoms in total. The standard InChI is InChI=1S/C14H17ClN2O2/c1-16-13(18)10-5-7-17(8-6-10)14(19)11-3-2-4-12(15)9-11/h2-4,9-10H,5-8H2,1H3,(H,16,18). The molecule has 0 spiro atoms. The van der Waals surface area contributed by atoms with E-state index in [0.717, 1.165) is 0 Å². The van der Waals surface area contributed by atoms with Gasteiger partial charge in [-0.25, -0.2) is 0 Å². The van der Waals surface area contributed by atoms with E-state index in [2.05, 4.69) is 5.32 Å². The van der Waals surface area contributed by atoms with Crippen LogP contribution in [0.4, 0.5) is 0 Å². The van der Waals surface area contributed by atoms with Gasteiger partial charge in [-0.15, -0.1) is 0 Å². The molecule has 0 saturated carbocycles. The van der Waals surface area contributed by atoms with E-state index in [1.165, 1.54) is 0 Å². The highest BCUT2D eigenvalue weighted by atomic mass is 35.5. The van der Waals surface area contributed by atoms with Crippen molar-refractivity contribution in [2.24, 2.45) is 5.92 Å². The molecule has 19 heavy (non-hydrogen) atoms. The van der Waals surface area contributed by atoms with Crippen molar-refractivity contribution in [2.45, 2.75) is 12.8 Å². The number of halogens is 1. The van der Waals surface area contributed by atoms with Crippen molar-refractivity contribution < 1.29 is 9.59 Å². The number of rotatable bonds is 2. The zero-order valence-corrected chi connectivity index (χ0v) is 11.6. The Balaban J connectivity index is 1.98. The summed E-state index contributed by atoms with van der Waals surface area (Å²) in [6, 6.07) is 6.96. The van der Waals surface area contributed by atoms with Gasteiger partial charge in [0.1, 0.15) is 0 Å². The van der Waals surface area contributed by atoms with Crippen LogP contribution >= 0.6 is 11.6 Å². The summed E-state index contributed by atoms with van der Waals surface area (Å²) in [4.78, 5) is 25.6. The monoisotopic (exact) mass is 280 g/mol. The third-order valence-corrected chi connectivity index (χ3v) is 3.71. The molecule has 0 aromatic heterocycles. The van der Waals surface area contributed by atoms with Crippen LogP contribution in [0.15, 0.2) is 24.3 Å². The summed E-state index contributed by atoms with van der Waals surface area (Å²) in [5, 5.41) is 3.22. The summed E-state index contributed by atoms with van der Waals surface area (Å²) in [5.74, 6) is 0.0705. The molecule has 2 amide bonds. The van der Waals surface area contributed by atoms with Crippen molar-refractivity contribution in [1.82, 2.24) is 10.2 Å². The fraction of sp³-hybridized carbons (Fsp3) is 0.429. The number of nitrogens with zero attached hydrogens (tertiary/aromatic N) is 1. The fourth-order valence-electron chi connectivity index (χ4n) is 2.35. The molecule has 1 N–H and O–H groups in total. The van der Waals surface area contributed by atoms with Crippen molar-refractivity contribution in [1.29, 1.82) is 0 Å². The first-order chi connectivity index (χ1) is 9.11. The molecule has 1 aromatic rings. The summed E-state index contributed by atoms with van der Waals surface area (Å²) in [6.45, 7) is 1.23. The third kappa shape index (κ3) is 3.26. The maximum absolute atomic E-state index is 12.3. The molecule has 1 aliphatic heterocycles. The predicted molar refractivity (Wildman–Crippen MR) is 74.1 cm³/mol. The number of nitrogens with one attached hydrogen (secondary N) is 1. The van der Waals surface area contributed by atoms with Gasteiger partial charge < -0.3 is 10.2 Å². The van der Waals surface area contributed by atoms with Gasteiger partial charge in [0.15, 0.2) is 0 Å². The summed E-state index contributed by atoms with van der Waals surface area (Å²) in [5.41, 5.74) is 0.603. The average Bonchev–Trinajstić information content (AvgIpc) is 2.46. The Labute approximate surface area is 117 Å². The zero-order chi connectivity index (χ0) is 13.8.